The molecule has 5 heteroatoms. The van der Waals surface area contributed by atoms with Crippen LogP contribution in [0.1, 0.15) is 19.4 Å². The molecule has 0 spiro atoms. The molecular formula is C14H13F3O2. The minimum absolute atomic E-state index is 0.0395. The Morgan fingerprint density at radius 1 is 1.11 bits per heavy atom. The maximum absolute atomic E-state index is 13.0. The molecule has 0 radical (unpaired) electrons. The van der Waals surface area contributed by atoms with E-state index >= 15 is 0 Å². The molecule has 2 nitrogen and oxygen atoms in total. The molecule has 0 saturated carbocycles. The van der Waals surface area contributed by atoms with Crippen LogP contribution in [0.15, 0.2) is 35.9 Å². The average Bonchev–Trinajstić information content (AvgIpc) is 2.74. The molecule has 0 amide bonds. The van der Waals surface area contributed by atoms with Crippen LogP contribution in [0.3, 0.4) is 0 Å². The van der Waals surface area contributed by atoms with Crippen molar-refractivity contribution in [1.29, 1.82) is 0 Å². The molecule has 19 heavy (non-hydrogen) atoms. The van der Waals surface area contributed by atoms with E-state index in [0.717, 1.165) is 11.6 Å². The number of rotatable bonds is 2. The first kappa shape index (κ1) is 13.5. The Hall–Kier alpha value is -1.91. The Morgan fingerprint density at radius 2 is 1.79 bits per heavy atom. The van der Waals surface area contributed by atoms with Crippen molar-refractivity contribution in [3.8, 4) is 11.5 Å². The summed E-state index contributed by atoms with van der Waals surface area (Å²) in [6.07, 6.45) is -1.90. The molecule has 0 aliphatic carbocycles. The highest BCUT2D eigenvalue weighted by Gasteiger charge is 2.34. The molecule has 0 unspecified atom stereocenters. The summed E-state index contributed by atoms with van der Waals surface area (Å²) in [5.74, 6) is 0.803. The summed E-state index contributed by atoms with van der Waals surface area (Å²) in [5.41, 5.74) is 0.156. The summed E-state index contributed by atoms with van der Waals surface area (Å²) >= 11 is 0. The molecule has 1 aromatic rings. The van der Waals surface area contributed by atoms with Crippen LogP contribution in [-0.2, 0) is 0 Å². The fourth-order valence-corrected chi connectivity index (χ4v) is 1.67. The van der Waals surface area contributed by atoms with Crippen molar-refractivity contribution in [3.05, 3.63) is 41.5 Å². The Labute approximate surface area is 109 Å². The predicted octanol–water partition coefficient (Wildman–Crippen LogP) is 4.33. The van der Waals surface area contributed by atoms with Crippen LogP contribution in [-0.4, -0.2) is 13.0 Å². The van der Waals surface area contributed by atoms with Gasteiger partial charge in [0.2, 0.25) is 6.79 Å². The number of fused-ring (bicyclic) bond motifs is 1. The monoisotopic (exact) mass is 270 g/mol. The second-order valence-corrected chi connectivity index (χ2v) is 4.39. The zero-order valence-electron chi connectivity index (χ0n) is 10.5. The van der Waals surface area contributed by atoms with E-state index in [1.165, 1.54) is 24.3 Å². The maximum Gasteiger partial charge on any atom is 0.416 e. The van der Waals surface area contributed by atoms with Crippen LogP contribution in [0, 0.1) is 0 Å². The van der Waals surface area contributed by atoms with E-state index in [1.54, 1.807) is 13.8 Å². The first-order valence-corrected chi connectivity index (χ1v) is 5.70. The van der Waals surface area contributed by atoms with E-state index in [1.807, 2.05) is 0 Å². The van der Waals surface area contributed by atoms with Crippen molar-refractivity contribution < 1.29 is 22.6 Å². The SMILES string of the molecule is CC(C)=CC=C(c1ccc2c(c1)OCO2)C(F)(F)F. The second-order valence-electron chi connectivity index (χ2n) is 4.39. The molecule has 1 heterocycles. The van der Waals surface area contributed by atoms with Crippen molar-refractivity contribution in [2.75, 3.05) is 6.79 Å². The second kappa shape index (κ2) is 4.99. The van der Waals surface area contributed by atoms with Crippen LogP contribution in [0.5, 0.6) is 11.5 Å². The maximum atomic E-state index is 13.0. The number of allylic oxidation sites excluding steroid dienone is 4. The Balaban J connectivity index is 2.45. The van der Waals surface area contributed by atoms with E-state index in [0.29, 0.717) is 11.5 Å². The van der Waals surface area contributed by atoms with Crippen molar-refractivity contribution >= 4 is 5.57 Å². The van der Waals surface area contributed by atoms with Gasteiger partial charge in [-0.1, -0.05) is 17.7 Å². The lowest BCUT2D eigenvalue weighted by Gasteiger charge is -2.12. The zero-order chi connectivity index (χ0) is 14.0. The number of ether oxygens (including phenoxy) is 2. The summed E-state index contributed by atoms with van der Waals surface area (Å²) in [4.78, 5) is 0. The molecule has 2 rings (SSSR count). The van der Waals surface area contributed by atoms with E-state index in [2.05, 4.69) is 0 Å². The number of alkyl halides is 3. The van der Waals surface area contributed by atoms with Crippen LogP contribution < -0.4 is 9.47 Å². The zero-order valence-corrected chi connectivity index (χ0v) is 10.5. The van der Waals surface area contributed by atoms with Gasteiger partial charge in [-0.15, -0.1) is 0 Å². The summed E-state index contributed by atoms with van der Waals surface area (Å²) < 4.78 is 49.3. The summed E-state index contributed by atoms with van der Waals surface area (Å²) in [6.45, 7) is 3.52. The largest absolute Gasteiger partial charge is 0.454 e. The van der Waals surface area contributed by atoms with Gasteiger partial charge in [0.15, 0.2) is 11.5 Å². The molecule has 0 bridgehead atoms. The van der Waals surface area contributed by atoms with Crippen molar-refractivity contribution in [3.63, 3.8) is 0 Å². The van der Waals surface area contributed by atoms with Gasteiger partial charge >= 0.3 is 6.18 Å². The standard InChI is InChI=1S/C14H13F3O2/c1-9(2)3-5-11(14(15,16)17)10-4-6-12-13(7-10)19-8-18-12/h3-7H,8H2,1-2H3. The summed E-state index contributed by atoms with van der Waals surface area (Å²) in [7, 11) is 0. The molecular weight excluding hydrogens is 257 g/mol. The van der Waals surface area contributed by atoms with Crippen LogP contribution in [0.4, 0.5) is 13.2 Å². The quantitative estimate of drug-likeness (QED) is 0.745. The van der Waals surface area contributed by atoms with E-state index in [9.17, 15) is 13.2 Å². The molecule has 0 fully saturated rings. The highest BCUT2D eigenvalue weighted by atomic mass is 19.4. The third kappa shape index (κ3) is 3.10. The van der Waals surface area contributed by atoms with E-state index in [4.69, 9.17) is 9.47 Å². The van der Waals surface area contributed by atoms with Gasteiger partial charge in [-0.25, -0.2) is 0 Å². The Bertz CT molecular complexity index is 538. The van der Waals surface area contributed by atoms with Gasteiger partial charge in [0, 0.05) is 0 Å². The third-order valence-corrected chi connectivity index (χ3v) is 2.57. The lowest BCUT2D eigenvalue weighted by molar-refractivity contribution is -0.0689. The molecule has 0 saturated heterocycles. The molecule has 0 N–H and O–H groups in total. The molecule has 102 valence electrons. The van der Waals surface area contributed by atoms with Crippen LogP contribution in [0.2, 0.25) is 0 Å². The minimum atomic E-state index is -4.42. The summed E-state index contributed by atoms with van der Waals surface area (Å²) in [5, 5.41) is 0. The van der Waals surface area contributed by atoms with Gasteiger partial charge < -0.3 is 9.47 Å². The Kier molecular flexibility index (Phi) is 3.55. The lowest BCUT2D eigenvalue weighted by Crippen LogP contribution is -2.10. The third-order valence-electron chi connectivity index (χ3n) is 2.57. The average molecular weight is 270 g/mol. The highest BCUT2D eigenvalue weighted by Crippen LogP contribution is 2.39. The van der Waals surface area contributed by atoms with Crippen LogP contribution in [0.25, 0.3) is 5.57 Å². The van der Waals surface area contributed by atoms with Gasteiger partial charge in [-0.05, 0) is 37.6 Å². The van der Waals surface area contributed by atoms with E-state index in [-0.39, 0.29) is 12.4 Å². The molecule has 1 aliphatic rings. The Morgan fingerprint density at radius 3 is 2.42 bits per heavy atom. The number of halogens is 3. The first-order valence-electron chi connectivity index (χ1n) is 5.70. The normalized spacial score (nSPS) is 14.5. The highest BCUT2D eigenvalue weighted by molar-refractivity contribution is 5.73. The summed E-state index contributed by atoms with van der Waals surface area (Å²) in [6, 6.07) is 4.21. The van der Waals surface area contributed by atoms with E-state index < -0.39 is 11.7 Å². The van der Waals surface area contributed by atoms with Gasteiger partial charge in [0.25, 0.3) is 0 Å². The fraction of sp³-hybridized carbons (Fsp3) is 0.286. The van der Waals surface area contributed by atoms with Gasteiger partial charge in [0.1, 0.15) is 0 Å². The van der Waals surface area contributed by atoms with Gasteiger partial charge in [0.05, 0.1) is 5.57 Å². The molecule has 1 aliphatic heterocycles. The lowest BCUT2D eigenvalue weighted by atomic mass is 10.0. The number of benzene rings is 1. The topological polar surface area (TPSA) is 18.5 Å². The smallest absolute Gasteiger partial charge is 0.416 e. The first-order chi connectivity index (χ1) is 8.88. The van der Waals surface area contributed by atoms with Crippen molar-refractivity contribution in [2.24, 2.45) is 0 Å². The number of hydrogen-bond acceptors (Lipinski definition) is 2. The molecule has 0 aromatic heterocycles. The van der Waals surface area contributed by atoms with Gasteiger partial charge in [-0.2, -0.15) is 13.2 Å². The minimum Gasteiger partial charge on any atom is -0.454 e. The predicted molar refractivity (Wildman–Crippen MR) is 66.0 cm³/mol. The van der Waals surface area contributed by atoms with Gasteiger partial charge in [-0.3, -0.25) is 0 Å². The van der Waals surface area contributed by atoms with Crippen molar-refractivity contribution in [2.45, 2.75) is 20.0 Å². The molecule has 1 aromatic carbocycles. The van der Waals surface area contributed by atoms with Crippen molar-refractivity contribution in [1.82, 2.24) is 0 Å². The number of hydrogen-bond donors (Lipinski definition) is 0. The molecule has 0 atom stereocenters. The fourth-order valence-electron chi connectivity index (χ4n) is 1.67. The van der Waals surface area contributed by atoms with Crippen LogP contribution >= 0.6 is 0 Å².